The minimum absolute atomic E-state index is 0.0271. The molecule has 3 nitrogen and oxygen atoms in total. The number of carbonyl (C=O) groups is 1. The fourth-order valence-electron chi connectivity index (χ4n) is 3.48. The lowest BCUT2D eigenvalue weighted by atomic mass is 9.76. The van der Waals surface area contributed by atoms with Crippen molar-refractivity contribution in [1.29, 1.82) is 0 Å². The standard InChI is InChI=1S/C17H23NO2/c19-16-17(10-14-20-16,15-7-3-1-4-8-15)9-13-18-11-5-2-6-12-18/h1,3-4,7-8H,2,5-6,9-14H2. The molecule has 1 aromatic rings. The summed E-state index contributed by atoms with van der Waals surface area (Å²) in [6, 6.07) is 10.2. The number of carbonyl (C=O) groups excluding carboxylic acids is 1. The van der Waals surface area contributed by atoms with Gasteiger partial charge in [0.1, 0.15) is 0 Å². The van der Waals surface area contributed by atoms with Crippen molar-refractivity contribution < 1.29 is 9.53 Å². The van der Waals surface area contributed by atoms with Crippen LogP contribution >= 0.6 is 0 Å². The van der Waals surface area contributed by atoms with E-state index < -0.39 is 5.41 Å². The third-order valence-corrected chi connectivity index (χ3v) is 4.78. The highest BCUT2D eigenvalue weighted by Crippen LogP contribution is 2.38. The number of benzene rings is 1. The number of hydrogen-bond donors (Lipinski definition) is 0. The summed E-state index contributed by atoms with van der Waals surface area (Å²) in [5.41, 5.74) is 0.720. The van der Waals surface area contributed by atoms with Crippen molar-refractivity contribution in [2.75, 3.05) is 26.2 Å². The zero-order valence-corrected chi connectivity index (χ0v) is 12.0. The molecular formula is C17H23NO2. The zero-order chi connectivity index (χ0) is 13.8. The molecule has 0 bridgehead atoms. The summed E-state index contributed by atoms with van der Waals surface area (Å²) in [6.45, 7) is 3.93. The Morgan fingerprint density at radius 3 is 2.50 bits per heavy atom. The number of rotatable bonds is 4. The van der Waals surface area contributed by atoms with Gasteiger partial charge in [-0.05, 0) is 44.5 Å². The summed E-state index contributed by atoms with van der Waals surface area (Å²) >= 11 is 0. The van der Waals surface area contributed by atoms with Crippen LogP contribution < -0.4 is 0 Å². The predicted octanol–water partition coefficient (Wildman–Crippen LogP) is 2.75. The third-order valence-electron chi connectivity index (χ3n) is 4.78. The maximum atomic E-state index is 12.3. The SMILES string of the molecule is O=C1OCCC1(CCN1CCCCC1)c1ccccc1. The lowest BCUT2D eigenvalue weighted by molar-refractivity contribution is -0.143. The van der Waals surface area contributed by atoms with E-state index in [2.05, 4.69) is 17.0 Å². The van der Waals surface area contributed by atoms with Gasteiger partial charge in [0, 0.05) is 6.42 Å². The lowest BCUT2D eigenvalue weighted by Gasteiger charge is -2.31. The third kappa shape index (κ3) is 2.59. The Balaban J connectivity index is 1.75. The number of likely N-dealkylation sites (tertiary alicyclic amines) is 1. The molecular weight excluding hydrogens is 250 g/mol. The minimum Gasteiger partial charge on any atom is -0.465 e. The topological polar surface area (TPSA) is 29.5 Å². The van der Waals surface area contributed by atoms with Gasteiger partial charge in [-0.25, -0.2) is 0 Å². The molecule has 0 radical (unpaired) electrons. The van der Waals surface area contributed by atoms with E-state index in [1.165, 1.54) is 32.4 Å². The average molecular weight is 273 g/mol. The first-order valence-electron chi connectivity index (χ1n) is 7.76. The van der Waals surface area contributed by atoms with E-state index in [0.29, 0.717) is 6.61 Å². The number of nitrogens with zero attached hydrogens (tertiary/aromatic N) is 1. The lowest BCUT2D eigenvalue weighted by Crippen LogP contribution is -2.38. The molecule has 0 spiro atoms. The van der Waals surface area contributed by atoms with Gasteiger partial charge in [0.05, 0.1) is 12.0 Å². The second-order valence-electron chi connectivity index (χ2n) is 5.99. The highest BCUT2D eigenvalue weighted by Gasteiger charge is 2.45. The van der Waals surface area contributed by atoms with Crippen LogP contribution in [-0.2, 0) is 14.9 Å². The second-order valence-corrected chi connectivity index (χ2v) is 5.99. The van der Waals surface area contributed by atoms with Gasteiger partial charge < -0.3 is 9.64 Å². The number of piperidine rings is 1. The van der Waals surface area contributed by atoms with Gasteiger partial charge in [-0.3, -0.25) is 4.79 Å². The van der Waals surface area contributed by atoms with Crippen LogP contribution in [0.15, 0.2) is 30.3 Å². The Bertz CT molecular complexity index is 453. The number of esters is 1. The van der Waals surface area contributed by atoms with E-state index in [1.54, 1.807) is 0 Å². The van der Waals surface area contributed by atoms with Gasteiger partial charge in [0.2, 0.25) is 0 Å². The van der Waals surface area contributed by atoms with Crippen LogP contribution in [0.3, 0.4) is 0 Å². The molecule has 108 valence electrons. The smallest absolute Gasteiger partial charge is 0.316 e. The quantitative estimate of drug-likeness (QED) is 0.790. The molecule has 3 heteroatoms. The van der Waals surface area contributed by atoms with Crippen molar-refractivity contribution in [2.45, 2.75) is 37.5 Å². The summed E-state index contributed by atoms with van der Waals surface area (Å²) in [4.78, 5) is 14.8. The van der Waals surface area contributed by atoms with E-state index in [0.717, 1.165) is 24.9 Å². The summed E-state index contributed by atoms with van der Waals surface area (Å²) in [7, 11) is 0. The number of cyclic esters (lactones) is 1. The molecule has 0 aromatic heterocycles. The largest absolute Gasteiger partial charge is 0.465 e. The molecule has 1 unspecified atom stereocenters. The maximum absolute atomic E-state index is 12.3. The van der Waals surface area contributed by atoms with Gasteiger partial charge in [0.25, 0.3) is 0 Å². The molecule has 0 aliphatic carbocycles. The normalized spacial score (nSPS) is 27.5. The Morgan fingerprint density at radius 1 is 1.10 bits per heavy atom. The van der Waals surface area contributed by atoms with Gasteiger partial charge in [0.15, 0.2) is 0 Å². The molecule has 0 amide bonds. The first-order chi connectivity index (χ1) is 9.81. The predicted molar refractivity (Wildman–Crippen MR) is 78.6 cm³/mol. The van der Waals surface area contributed by atoms with Crippen molar-refractivity contribution >= 4 is 5.97 Å². The van der Waals surface area contributed by atoms with Crippen LogP contribution in [0.4, 0.5) is 0 Å². The van der Waals surface area contributed by atoms with E-state index >= 15 is 0 Å². The fourth-order valence-corrected chi connectivity index (χ4v) is 3.48. The molecule has 2 saturated heterocycles. The van der Waals surface area contributed by atoms with Crippen molar-refractivity contribution in [1.82, 2.24) is 4.90 Å². The summed E-state index contributed by atoms with van der Waals surface area (Å²) in [5.74, 6) is -0.0271. The van der Waals surface area contributed by atoms with Crippen molar-refractivity contribution in [3.8, 4) is 0 Å². The Labute approximate surface area is 120 Å². The number of ether oxygens (including phenoxy) is 1. The van der Waals surface area contributed by atoms with Gasteiger partial charge in [-0.2, -0.15) is 0 Å². The molecule has 2 aliphatic rings. The Kier molecular flexibility index (Phi) is 4.06. The number of hydrogen-bond acceptors (Lipinski definition) is 3. The van der Waals surface area contributed by atoms with Crippen LogP contribution in [0.1, 0.15) is 37.7 Å². The van der Waals surface area contributed by atoms with Crippen LogP contribution in [0, 0.1) is 0 Å². The second kappa shape index (κ2) is 5.96. The molecule has 20 heavy (non-hydrogen) atoms. The summed E-state index contributed by atoms with van der Waals surface area (Å²) in [6.07, 6.45) is 5.65. The van der Waals surface area contributed by atoms with Crippen LogP contribution in [0.2, 0.25) is 0 Å². The highest BCUT2D eigenvalue weighted by atomic mass is 16.5. The molecule has 2 aliphatic heterocycles. The fraction of sp³-hybridized carbons (Fsp3) is 0.588. The van der Waals surface area contributed by atoms with E-state index in [-0.39, 0.29) is 5.97 Å². The highest BCUT2D eigenvalue weighted by molar-refractivity contribution is 5.85. The minimum atomic E-state index is -0.404. The molecule has 0 N–H and O–H groups in total. The summed E-state index contributed by atoms with van der Waals surface area (Å²) < 4.78 is 5.31. The first-order valence-corrected chi connectivity index (χ1v) is 7.76. The van der Waals surface area contributed by atoms with E-state index in [1.807, 2.05) is 18.2 Å². The Morgan fingerprint density at radius 2 is 1.85 bits per heavy atom. The van der Waals surface area contributed by atoms with Crippen molar-refractivity contribution in [3.05, 3.63) is 35.9 Å². The van der Waals surface area contributed by atoms with Gasteiger partial charge in [-0.15, -0.1) is 0 Å². The molecule has 1 atom stereocenters. The molecule has 2 heterocycles. The van der Waals surface area contributed by atoms with E-state index in [9.17, 15) is 4.79 Å². The molecule has 2 fully saturated rings. The average Bonchev–Trinajstić information content (AvgIpc) is 2.89. The summed E-state index contributed by atoms with van der Waals surface area (Å²) in [5, 5.41) is 0. The molecule has 0 saturated carbocycles. The Hall–Kier alpha value is -1.35. The van der Waals surface area contributed by atoms with E-state index in [4.69, 9.17) is 4.74 Å². The first kappa shape index (κ1) is 13.6. The van der Waals surface area contributed by atoms with Crippen molar-refractivity contribution in [3.63, 3.8) is 0 Å². The van der Waals surface area contributed by atoms with Gasteiger partial charge >= 0.3 is 5.97 Å². The van der Waals surface area contributed by atoms with Crippen LogP contribution in [0.5, 0.6) is 0 Å². The molecule has 3 rings (SSSR count). The van der Waals surface area contributed by atoms with Gasteiger partial charge in [-0.1, -0.05) is 36.8 Å². The monoisotopic (exact) mass is 273 g/mol. The zero-order valence-electron chi connectivity index (χ0n) is 12.0. The van der Waals surface area contributed by atoms with Crippen molar-refractivity contribution in [2.24, 2.45) is 0 Å². The van der Waals surface area contributed by atoms with Crippen LogP contribution in [0.25, 0.3) is 0 Å². The molecule has 1 aromatic carbocycles. The maximum Gasteiger partial charge on any atom is 0.316 e. The van der Waals surface area contributed by atoms with Crippen LogP contribution in [-0.4, -0.2) is 37.1 Å².